The average Bonchev–Trinajstić information content (AvgIpc) is 2.28. The van der Waals surface area contributed by atoms with Crippen LogP contribution < -0.4 is 10.6 Å². The van der Waals surface area contributed by atoms with Gasteiger partial charge in [0.25, 0.3) is 0 Å². The highest BCUT2D eigenvalue weighted by atomic mass is 15.3. The maximum atomic E-state index is 4.69. The molecule has 16 heavy (non-hydrogen) atoms. The second-order valence-electron chi connectivity index (χ2n) is 4.32. The van der Waals surface area contributed by atoms with E-state index in [0.717, 1.165) is 17.1 Å². The lowest BCUT2D eigenvalue weighted by Crippen LogP contribution is -2.50. The van der Waals surface area contributed by atoms with Gasteiger partial charge in [0, 0.05) is 25.3 Å². The Bertz CT molecular complexity index is 425. The topological polar surface area (TPSA) is 39.7 Å². The molecule has 2 rings (SSSR count). The van der Waals surface area contributed by atoms with Gasteiger partial charge in [-0.15, -0.1) is 0 Å². The number of hydrogen-bond donors (Lipinski definition) is 2. The number of benzene rings is 1. The van der Waals surface area contributed by atoms with Crippen molar-refractivity contribution in [1.82, 2.24) is 10.2 Å². The van der Waals surface area contributed by atoms with Crippen LogP contribution in [0.25, 0.3) is 0 Å². The number of amidine groups is 1. The molecule has 2 N–H and O–H groups in total. The molecule has 1 aliphatic heterocycles. The Balaban J connectivity index is 2.53. The minimum Gasteiger partial charge on any atom is -0.362 e. The first-order valence-corrected chi connectivity index (χ1v) is 5.39. The second-order valence-corrected chi connectivity index (χ2v) is 4.32. The molecule has 4 heteroatoms. The van der Waals surface area contributed by atoms with Crippen molar-refractivity contribution >= 4 is 11.5 Å². The highest BCUT2D eigenvalue weighted by Gasteiger charge is 2.28. The van der Waals surface area contributed by atoms with Crippen LogP contribution in [0.1, 0.15) is 12.5 Å². The van der Waals surface area contributed by atoms with Gasteiger partial charge in [-0.25, -0.2) is 4.99 Å². The van der Waals surface area contributed by atoms with Crippen LogP contribution in [0.4, 0.5) is 5.69 Å². The van der Waals surface area contributed by atoms with Crippen molar-refractivity contribution in [3.63, 3.8) is 0 Å². The van der Waals surface area contributed by atoms with Crippen LogP contribution >= 0.6 is 0 Å². The van der Waals surface area contributed by atoms with Gasteiger partial charge in [-0.1, -0.05) is 12.1 Å². The smallest absolute Gasteiger partial charge is 0.184 e. The molecule has 86 valence electrons. The van der Waals surface area contributed by atoms with Crippen molar-refractivity contribution in [2.24, 2.45) is 4.99 Å². The Hall–Kier alpha value is -1.55. The van der Waals surface area contributed by atoms with Crippen molar-refractivity contribution in [3.05, 3.63) is 29.8 Å². The van der Waals surface area contributed by atoms with Crippen LogP contribution in [0.3, 0.4) is 0 Å². The van der Waals surface area contributed by atoms with Crippen LogP contribution in [0.15, 0.2) is 29.3 Å². The molecule has 1 unspecified atom stereocenters. The third-order valence-corrected chi connectivity index (χ3v) is 2.79. The minimum absolute atomic E-state index is 0.437. The third-order valence-electron chi connectivity index (χ3n) is 2.79. The Morgan fingerprint density at radius 2 is 2.00 bits per heavy atom. The molecular weight excluding hydrogens is 200 g/mol. The Labute approximate surface area is 96.4 Å². The van der Waals surface area contributed by atoms with Gasteiger partial charge < -0.3 is 10.2 Å². The Morgan fingerprint density at radius 1 is 1.31 bits per heavy atom. The molecule has 1 atom stereocenters. The van der Waals surface area contributed by atoms with Crippen molar-refractivity contribution in [1.29, 1.82) is 0 Å². The summed E-state index contributed by atoms with van der Waals surface area (Å²) in [5.74, 6) is 0.555. The number of aliphatic imine (C=N–C) groups is 1. The second kappa shape index (κ2) is 3.79. The van der Waals surface area contributed by atoms with E-state index < -0.39 is 5.79 Å². The van der Waals surface area contributed by atoms with E-state index >= 15 is 0 Å². The molecule has 0 bridgehead atoms. The first-order chi connectivity index (χ1) is 7.56. The highest BCUT2D eigenvalue weighted by molar-refractivity contribution is 6.04. The molecule has 1 aromatic carbocycles. The number of fused-ring (bicyclic) bond motifs is 1. The molecule has 0 radical (unpaired) electrons. The van der Waals surface area contributed by atoms with Crippen LogP contribution in [-0.4, -0.2) is 37.7 Å². The predicted molar refractivity (Wildman–Crippen MR) is 67.8 cm³/mol. The molecular formula is C12H18N4. The van der Waals surface area contributed by atoms with Crippen molar-refractivity contribution in [2.75, 3.05) is 26.5 Å². The number of rotatable bonds is 1. The van der Waals surface area contributed by atoms with Gasteiger partial charge in [0.1, 0.15) is 5.84 Å². The van der Waals surface area contributed by atoms with Gasteiger partial charge in [0.05, 0.1) is 0 Å². The first kappa shape index (κ1) is 11.0. The average molecular weight is 218 g/mol. The maximum absolute atomic E-state index is 4.69. The molecule has 4 nitrogen and oxygen atoms in total. The van der Waals surface area contributed by atoms with E-state index in [-0.39, 0.29) is 0 Å². The van der Waals surface area contributed by atoms with E-state index in [1.54, 1.807) is 0 Å². The summed E-state index contributed by atoms with van der Waals surface area (Å²) in [4.78, 5) is 6.73. The van der Waals surface area contributed by atoms with Crippen molar-refractivity contribution in [3.8, 4) is 0 Å². The molecule has 0 aromatic heterocycles. The van der Waals surface area contributed by atoms with Gasteiger partial charge in [0.15, 0.2) is 5.79 Å². The minimum atomic E-state index is -0.437. The van der Waals surface area contributed by atoms with E-state index in [1.165, 1.54) is 0 Å². The van der Waals surface area contributed by atoms with Gasteiger partial charge in [0.2, 0.25) is 0 Å². The standard InChI is InChI=1S/C12H18N4/c1-12(13-2)14-10-8-6-5-7-9(10)11(15-12)16(3)4/h5-8,13-14H,1-4H3. The van der Waals surface area contributed by atoms with E-state index in [4.69, 9.17) is 4.99 Å². The summed E-state index contributed by atoms with van der Waals surface area (Å²) in [5, 5.41) is 6.56. The molecule has 1 heterocycles. The van der Waals surface area contributed by atoms with Gasteiger partial charge >= 0.3 is 0 Å². The number of nitrogens with zero attached hydrogens (tertiary/aromatic N) is 2. The highest BCUT2D eigenvalue weighted by Crippen LogP contribution is 2.26. The van der Waals surface area contributed by atoms with Crippen molar-refractivity contribution in [2.45, 2.75) is 12.7 Å². The lowest BCUT2D eigenvalue weighted by molar-refractivity contribution is 0.446. The molecule has 1 aromatic rings. The summed E-state index contributed by atoms with van der Waals surface area (Å²) < 4.78 is 0. The normalized spacial score (nSPS) is 23.1. The quantitative estimate of drug-likeness (QED) is 0.746. The summed E-state index contributed by atoms with van der Waals surface area (Å²) >= 11 is 0. The van der Waals surface area contributed by atoms with Crippen molar-refractivity contribution < 1.29 is 0 Å². The molecule has 0 saturated carbocycles. The maximum Gasteiger partial charge on any atom is 0.184 e. The van der Waals surface area contributed by atoms with E-state index in [9.17, 15) is 0 Å². The third kappa shape index (κ3) is 1.76. The molecule has 0 fully saturated rings. The number of nitrogens with one attached hydrogen (secondary N) is 2. The van der Waals surface area contributed by atoms with Crippen LogP contribution in [0, 0.1) is 0 Å². The number of anilines is 1. The zero-order valence-corrected chi connectivity index (χ0v) is 10.2. The number of para-hydroxylation sites is 1. The molecule has 0 saturated heterocycles. The Morgan fingerprint density at radius 3 is 2.62 bits per heavy atom. The van der Waals surface area contributed by atoms with Crippen LogP contribution in [-0.2, 0) is 0 Å². The monoisotopic (exact) mass is 218 g/mol. The lowest BCUT2D eigenvalue weighted by Gasteiger charge is -2.35. The first-order valence-electron chi connectivity index (χ1n) is 5.39. The SMILES string of the molecule is CNC1(C)N=C(N(C)C)c2ccccc2N1. The molecule has 1 aliphatic rings. The molecule has 0 aliphatic carbocycles. The summed E-state index contributed by atoms with van der Waals surface area (Å²) in [6, 6.07) is 8.21. The Kier molecular flexibility index (Phi) is 2.59. The van der Waals surface area contributed by atoms with Crippen LogP contribution in [0.5, 0.6) is 0 Å². The predicted octanol–water partition coefficient (Wildman–Crippen LogP) is 1.31. The van der Waals surface area contributed by atoms with E-state index in [1.807, 2.05) is 45.1 Å². The summed E-state index contributed by atoms with van der Waals surface area (Å²) in [6.45, 7) is 2.02. The zero-order chi connectivity index (χ0) is 11.8. The van der Waals surface area contributed by atoms with E-state index in [0.29, 0.717) is 0 Å². The fraction of sp³-hybridized carbons (Fsp3) is 0.417. The fourth-order valence-electron chi connectivity index (χ4n) is 1.81. The number of hydrogen-bond acceptors (Lipinski definition) is 4. The summed E-state index contributed by atoms with van der Waals surface area (Å²) in [5.41, 5.74) is 2.25. The van der Waals surface area contributed by atoms with E-state index in [2.05, 4.69) is 22.8 Å². The molecule has 0 spiro atoms. The van der Waals surface area contributed by atoms with Gasteiger partial charge in [-0.2, -0.15) is 0 Å². The summed E-state index contributed by atoms with van der Waals surface area (Å²) in [6.07, 6.45) is 0. The lowest BCUT2D eigenvalue weighted by atomic mass is 10.1. The zero-order valence-electron chi connectivity index (χ0n) is 10.2. The van der Waals surface area contributed by atoms with Gasteiger partial charge in [-0.3, -0.25) is 5.32 Å². The largest absolute Gasteiger partial charge is 0.362 e. The summed E-state index contributed by atoms with van der Waals surface area (Å²) in [7, 11) is 5.92. The van der Waals surface area contributed by atoms with Gasteiger partial charge in [-0.05, 0) is 26.1 Å². The molecule has 0 amide bonds. The van der Waals surface area contributed by atoms with Crippen LogP contribution in [0.2, 0.25) is 0 Å². The fourth-order valence-corrected chi connectivity index (χ4v) is 1.81.